The van der Waals surface area contributed by atoms with Gasteiger partial charge in [0.1, 0.15) is 0 Å². The van der Waals surface area contributed by atoms with Crippen molar-refractivity contribution in [1.29, 1.82) is 0 Å². The Hall–Kier alpha value is -1.11. The summed E-state index contributed by atoms with van der Waals surface area (Å²) in [5.74, 6) is 0.433. The predicted octanol–water partition coefficient (Wildman–Crippen LogP) is 2.72. The van der Waals surface area contributed by atoms with Crippen molar-refractivity contribution in [2.24, 2.45) is 10.9 Å². The molecule has 1 heterocycles. The smallest absolute Gasteiger partial charge is 0.0649 e. The summed E-state index contributed by atoms with van der Waals surface area (Å²) in [6.07, 6.45) is 8.06. The van der Waals surface area contributed by atoms with E-state index in [0.29, 0.717) is 5.92 Å². The first-order chi connectivity index (χ1) is 5.20. The van der Waals surface area contributed by atoms with E-state index in [1.807, 2.05) is 25.3 Å². The molecule has 0 aromatic carbocycles. The Morgan fingerprint density at radius 3 is 3.00 bits per heavy atom. The van der Waals surface area contributed by atoms with Gasteiger partial charge in [0, 0.05) is 12.1 Å². The number of hydrogen-bond acceptors (Lipinski definition) is 1. The standard InChI is InChI=1S/C10H13N/c1-8(2)10-6-4-5-9(3)7-11-10/h4-7,9H,1H2,2-3H3. The molecule has 1 nitrogen and oxygen atoms in total. The predicted molar refractivity (Wildman–Crippen MR) is 49.7 cm³/mol. The van der Waals surface area contributed by atoms with Gasteiger partial charge in [-0.2, -0.15) is 0 Å². The van der Waals surface area contributed by atoms with E-state index in [1.165, 1.54) is 0 Å². The first-order valence-corrected chi connectivity index (χ1v) is 3.78. The number of aliphatic imine (C=N–C) groups is 1. The van der Waals surface area contributed by atoms with Crippen LogP contribution in [0.3, 0.4) is 0 Å². The molecule has 0 spiro atoms. The van der Waals surface area contributed by atoms with Crippen LogP contribution in [0.4, 0.5) is 0 Å². The van der Waals surface area contributed by atoms with E-state index in [2.05, 4.69) is 24.6 Å². The third kappa shape index (κ3) is 2.19. The molecule has 11 heavy (non-hydrogen) atoms. The van der Waals surface area contributed by atoms with Crippen LogP contribution in [0.1, 0.15) is 13.8 Å². The van der Waals surface area contributed by atoms with Crippen molar-refractivity contribution < 1.29 is 0 Å². The Kier molecular flexibility index (Phi) is 2.42. The van der Waals surface area contributed by atoms with Crippen LogP contribution in [0.5, 0.6) is 0 Å². The van der Waals surface area contributed by atoms with Crippen molar-refractivity contribution in [3.63, 3.8) is 0 Å². The molecule has 0 saturated heterocycles. The van der Waals surface area contributed by atoms with Crippen LogP contribution in [-0.2, 0) is 0 Å². The third-order valence-corrected chi connectivity index (χ3v) is 1.55. The van der Waals surface area contributed by atoms with Crippen LogP contribution in [0.25, 0.3) is 0 Å². The average Bonchev–Trinajstić information content (AvgIpc) is 2.13. The zero-order chi connectivity index (χ0) is 8.27. The van der Waals surface area contributed by atoms with Crippen molar-refractivity contribution in [2.75, 3.05) is 0 Å². The van der Waals surface area contributed by atoms with Crippen LogP contribution >= 0.6 is 0 Å². The lowest BCUT2D eigenvalue weighted by atomic mass is 10.2. The fraction of sp³-hybridized carbons (Fsp3) is 0.300. The highest BCUT2D eigenvalue weighted by Crippen LogP contribution is 2.11. The van der Waals surface area contributed by atoms with Gasteiger partial charge in [0.05, 0.1) is 5.70 Å². The highest BCUT2D eigenvalue weighted by atomic mass is 14.7. The monoisotopic (exact) mass is 147 g/mol. The van der Waals surface area contributed by atoms with E-state index in [9.17, 15) is 0 Å². The molecule has 0 aromatic heterocycles. The summed E-state index contributed by atoms with van der Waals surface area (Å²) in [5.41, 5.74) is 1.99. The van der Waals surface area contributed by atoms with Gasteiger partial charge in [0.25, 0.3) is 0 Å². The normalized spacial score (nSPS) is 22.7. The highest BCUT2D eigenvalue weighted by Gasteiger charge is 1.97. The SMILES string of the molecule is C=C(C)C1=CC=CC(C)C=N1. The molecule has 0 fully saturated rings. The quantitative estimate of drug-likeness (QED) is 0.540. The molecule has 1 aliphatic heterocycles. The van der Waals surface area contributed by atoms with E-state index >= 15 is 0 Å². The van der Waals surface area contributed by atoms with Gasteiger partial charge in [0.2, 0.25) is 0 Å². The molecule has 1 unspecified atom stereocenters. The Morgan fingerprint density at radius 2 is 2.36 bits per heavy atom. The summed E-state index contributed by atoms with van der Waals surface area (Å²) in [6, 6.07) is 0. The van der Waals surface area contributed by atoms with Gasteiger partial charge in [-0.3, -0.25) is 4.99 Å². The molecule has 1 rings (SSSR count). The van der Waals surface area contributed by atoms with Crippen molar-refractivity contribution in [2.45, 2.75) is 13.8 Å². The summed E-state index contributed by atoms with van der Waals surface area (Å²) in [7, 11) is 0. The van der Waals surface area contributed by atoms with Crippen molar-refractivity contribution in [1.82, 2.24) is 0 Å². The molecule has 1 heteroatoms. The first kappa shape index (κ1) is 7.99. The first-order valence-electron chi connectivity index (χ1n) is 3.78. The fourth-order valence-electron chi connectivity index (χ4n) is 0.865. The molecular formula is C10H13N. The zero-order valence-electron chi connectivity index (χ0n) is 7.04. The second kappa shape index (κ2) is 3.33. The minimum atomic E-state index is 0.433. The van der Waals surface area contributed by atoms with E-state index in [1.54, 1.807) is 0 Å². The zero-order valence-corrected chi connectivity index (χ0v) is 7.04. The van der Waals surface area contributed by atoms with Gasteiger partial charge in [-0.25, -0.2) is 0 Å². The average molecular weight is 147 g/mol. The van der Waals surface area contributed by atoms with Gasteiger partial charge in [0.15, 0.2) is 0 Å². The number of allylic oxidation sites excluding steroid dienone is 4. The third-order valence-electron chi connectivity index (χ3n) is 1.55. The topological polar surface area (TPSA) is 12.4 Å². The molecule has 0 bridgehead atoms. The van der Waals surface area contributed by atoms with Gasteiger partial charge in [-0.1, -0.05) is 25.7 Å². The number of rotatable bonds is 1. The maximum absolute atomic E-state index is 4.28. The number of hydrogen-bond donors (Lipinski definition) is 0. The summed E-state index contributed by atoms with van der Waals surface area (Å²) in [4.78, 5) is 4.28. The molecule has 0 aromatic rings. The Morgan fingerprint density at radius 1 is 1.64 bits per heavy atom. The maximum atomic E-state index is 4.28. The van der Waals surface area contributed by atoms with E-state index < -0.39 is 0 Å². The molecule has 1 atom stereocenters. The molecule has 0 aliphatic carbocycles. The largest absolute Gasteiger partial charge is 0.260 e. The van der Waals surface area contributed by atoms with Crippen LogP contribution in [0.15, 0.2) is 41.1 Å². The van der Waals surface area contributed by atoms with Crippen LogP contribution < -0.4 is 0 Å². The van der Waals surface area contributed by atoms with E-state index in [0.717, 1.165) is 11.3 Å². The molecule has 0 saturated carbocycles. The van der Waals surface area contributed by atoms with Crippen molar-refractivity contribution in [3.8, 4) is 0 Å². The van der Waals surface area contributed by atoms with E-state index in [-0.39, 0.29) is 0 Å². The van der Waals surface area contributed by atoms with Gasteiger partial charge in [-0.15, -0.1) is 0 Å². The molecule has 0 N–H and O–H groups in total. The Balaban J connectivity index is 2.85. The minimum absolute atomic E-state index is 0.433. The summed E-state index contributed by atoms with van der Waals surface area (Å²) >= 11 is 0. The lowest BCUT2D eigenvalue weighted by Gasteiger charge is -1.96. The van der Waals surface area contributed by atoms with Crippen LogP contribution in [-0.4, -0.2) is 6.21 Å². The Bertz CT molecular complexity index is 244. The lowest BCUT2D eigenvalue weighted by Crippen LogP contribution is -1.88. The van der Waals surface area contributed by atoms with Gasteiger partial charge < -0.3 is 0 Å². The van der Waals surface area contributed by atoms with Gasteiger partial charge in [-0.05, 0) is 18.6 Å². The molecule has 58 valence electrons. The maximum Gasteiger partial charge on any atom is 0.0649 e. The van der Waals surface area contributed by atoms with Crippen LogP contribution in [0, 0.1) is 5.92 Å². The van der Waals surface area contributed by atoms with Crippen molar-refractivity contribution >= 4 is 6.21 Å². The Labute approximate surface area is 67.8 Å². The lowest BCUT2D eigenvalue weighted by molar-refractivity contribution is 1.03. The molecule has 1 aliphatic rings. The van der Waals surface area contributed by atoms with Gasteiger partial charge >= 0.3 is 0 Å². The minimum Gasteiger partial charge on any atom is -0.260 e. The fourth-order valence-corrected chi connectivity index (χ4v) is 0.865. The summed E-state index contributed by atoms with van der Waals surface area (Å²) < 4.78 is 0. The summed E-state index contributed by atoms with van der Waals surface area (Å²) in [5, 5.41) is 0. The second-order valence-electron chi connectivity index (χ2n) is 2.85. The molecule has 0 amide bonds. The van der Waals surface area contributed by atoms with Crippen LogP contribution in [0.2, 0.25) is 0 Å². The highest BCUT2D eigenvalue weighted by molar-refractivity contribution is 5.66. The number of nitrogens with zero attached hydrogens (tertiary/aromatic N) is 1. The van der Waals surface area contributed by atoms with Crippen molar-refractivity contribution in [3.05, 3.63) is 36.1 Å². The molecule has 0 radical (unpaired) electrons. The van der Waals surface area contributed by atoms with E-state index in [4.69, 9.17) is 0 Å². The summed E-state index contributed by atoms with van der Waals surface area (Å²) in [6.45, 7) is 7.90. The second-order valence-corrected chi connectivity index (χ2v) is 2.85. The molecular weight excluding hydrogens is 134 g/mol.